The van der Waals surface area contributed by atoms with E-state index in [9.17, 15) is 13.2 Å². The zero-order chi connectivity index (χ0) is 23.0. The van der Waals surface area contributed by atoms with E-state index in [4.69, 9.17) is 13.6 Å². The molecule has 0 saturated carbocycles. The number of carbonyl (C=O) groups is 1. The van der Waals surface area contributed by atoms with Crippen molar-refractivity contribution in [3.63, 3.8) is 0 Å². The molecule has 0 spiro atoms. The number of hydrogen-bond donors (Lipinski definition) is 0. The molecule has 0 bridgehead atoms. The first kappa shape index (κ1) is 21.0. The molecule has 1 amide bonds. The van der Waals surface area contributed by atoms with E-state index >= 15 is 0 Å². The number of amides is 1. The van der Waals surface area contributed by atoms with Crippen LogP contribution < -0.4 is 4.74 Å². The molecule has 0 saturated heterocycles. The minimum atomic E-state index is -3.31. The van der Waals surface area contributed by atoms with Gasteiger partial charge in [0.05, 0.1) is 11.2 Å². The van der Waals surface area contributed by atoms with Gasteiger partial charge in [-0.3, -0.25) is 4.79 Å². The van der Waals surface area contributed by atoms with Crippen molar-refractivity contribution in [1.82, 2.24) is 5.01 Å². The number of rotatable bonds is 6. The predicted molar refractivity (Wildman–Crippen MR) is 121 cm³/mol. The lowest BCUT2D eigenvalue weighted by atomic mass is 10.1. The Morgan fingerprint density at radius 1 is 1.12 bits per heavy atom. The number of nitrogens with zero attached hydrogens (tertiary/aromatic N) is 2. The van der Waals surface area contributed by atoms with Crippen molar-refractivity contribution in [3.05, 3.63) is 84.5 Å². The third-order valence-electron chi connectivity index (χ3n) is 5.36. The normalized spacial score (nSPS) is 16.2. The van der Waals surface area contributed by atoms with E-state index in [1.165, 1.54) is 29.3 Å². The van der Waals surface area contributed by atoms with E-state index in [1.54, 1.807) is 18.4 Å². The summed E-state index contributed by atoms with van der Waals surface area (Å²) in [4.78, 5) is 13.2. The summed E-state index contributed by atoms with van der Waals surface area (Å²) in [6.45, 7) is -0.271. The average molecular weight is 464 g/mol. The molecule has 8 nitrogen and oxygen atoms in total. The van der Waals surface area contributed by atoms with Gasteiger partial charge in [0.1, 0.15) is 28.8 Å². The van der Waals surface area contributed by atoms with Crippen LogP contribution in [0.15, 0.2) is 91.8 Å². The molecular weight excluding hydrogens is 444 g/mol. The van der Waals surface area contributed by atoms with Crippen LogP contribution in [0.2, 0.25) is 0 Å². The second-order valence-electron chi connectivity index (χ2n) is 7.70. The first-order valence-electron chi connectivity index (χ1n) is 10.2. The number of hydrazone groups is 1. The summed E-state index contributed by atoms with van der Waals surface area (Å²) in [6, 6.07) is 18.6. The molecule has 9 heteroatoms. The highest BCUT2D eigenvalue weighted by Gasteiger charge is 2.36. The Labute approximate surface area is 190 Å². The number of hydrogen-bond acceptors (Lipinski definition) is 7. The standard InChI is InChI=1S/C24H20N2O6S/c1-33(28,29)18-10-8-17(9-11-18)31-15-24(27)26-20(22-7-4-12-30-22)14-19(25-26)23-13-16-5-2-3-6-21(16)32-23/h2-13,20H,14-15H2,1H3. The smallest absolute Gasteiger partial charge is 0.281 e. The Balaban J connectivity index is 1.36. The van der Waals surface area contributed by atoms with Crippen LogP contribution in [0.4, 0.5) is 0 Å². The Bertz CT molecular complexity index is 1400. The van der Waals surface area contributed by atoms with E-state index in [-0.39, 0.29) is 17.4 Å². The number of ether oxygens (including phenoxy) is 1. The van der Waals surface area contributed by atoms with Crippen LogP contribution in [0, 0.1) is 0 Å². The van der Waals surface area contributed by atoms with Gasteiger partial charge in [-0.15, -0.1) is 0 Å². The van der Waals surface area contributed by atoms with E-state index < -0.39 is 15.9 Å². The van der Waals surface area contributed by atoms with Gasteiger partial charge in [-0.05, 0) is 48.5 Å². The third kappa shape index (κ3) is 4.27. The maximum absolute atomic E-state index is 13.0. The Morgan fingerprint density at radius 3 is 2.61 bits per heavy atom. The van der Waals surface area contributed by atoms with Crippen LogP contribution in [0.3, 0.4) is 0 Å². The van der Waals surface area contributed by atoms with Crippen LogP contribution in [0.25, 0.3) is 11.0 Å². The van der Waals surface area contributed by atoms with Crippen LogP contribution in [0.1, 0.15) is 24.0 Å². The highest BCUT2D eigenvalue weighted by molar-refractivity contribution is 7.90. The molecule has 1 atom stereocenters. The van der Waals surface area contributed by atoms with Gasteiger partial charge in [0, 0.05) is 18.1 Å². The lowest BCUT2D eigenvalue weighted by Crippen LogP contribution is -2.31. The van der Waals surface area contributed by atoms with Crippen molar-refractivity contribution in [1.29, 1.82) is 0 Å². The zero-order valence-electron chi connectivity index (χ0n) is 17.7. The maximum atomic E-state index is 13.0. The number of benzene rings is 2. The molecule has 4 aromatic rings. The Morgan fingerprint density at radius 2 is 1.91 bits per heavy atom. The summed E-state index contributed by atoms with van der Waals surface area (Å²) in [7, 11) is -3.31. The largest absolute Gasteiger partial charge is 0.484 e. The number of sulfone groups is 1. The highest BCUT2D eigenvalue weighted by atomic mass is 32.2. The maximum Gasteiger partial charge on any atom is 0.281 e. The molecule has 3 heterocycles. The molecular formula is C24H20N2O6S. The summed E-state index contributed by atoms with van der Waals surface area (Å²) in [5.74, 6) is 1.22. The number of carbonyl (C=O) groups excluding carboxylic acids is 1. The highest BCUT2D eigenvalue weighted by Crippen LogP contribution is 2.34. The van der Waals surface area contributed by atoms with Gasteiger partial charge in [0.15, 0.2) is 22.2 Å². The molecule has 0 aliphatic carbocycles. The minimum absolute atomic E-state index is 0.179. The van der Waals surface area contributed by atoms with Gasteiger partial charge in [-0.1, -0.05) is 18.2 Å². The molecule has 1 aliphatic rings. The first-order chi connectivity index (χ1) is 15.9. The van der Waals surface area contributed by atoms with Crippen LogP contribution in [0.5, 0.6) is 5.75 Å². The van der Waals surface area contributed by atoms with Crippen molar-refractivity contribution in [3.8, 4) is 5.75 Å². The van der Waals surface area contributed by atoms with E-state index in [2.05, 4.69) is 5.10 Å². The average Bonchev–Trinajstić information content (AvgIpc) is 3.55. The van der Waals surface area contributed by atoms with E-state index in [0.29, 0.717) is 29.4 Å². The van der Waals surface area contributed by atoms with Gasteiger partial charge in [0.2, 0.25) is 0 Å². The molecule has 0 fully saturated rings. The van der Waals surface area contributed by atoms with Gasteiger partial charge in [0.25, 0.3) is 5.91 Å². The fourth-order valence-corrected chi connectivity index (χ4v) is 4.34. The van der Waals surface area contributed by atoms with Gasteiger partial charge in [-0.25, -0.2) is 13.4 Å². The molecule has 33 heavy (non-hydrogen) atoms. The summed E-state index contributed by atoms with van der Waals surface area (Å²) >= 11 is 0. The molecule has 2 aromatic carbocycles. The molecule has 1 aliphatic heterocycles. The lowest BCUT2D eigenvalue weighted by molar-refractivity contribution is -0.135. The summed E-state index contributed by atoms with van der Waals surface area (Å²) in [5, 5.41) is 6.84. The summed E-state index contributed by atoms with van der Waals surface area (Å²) < 4.78 is 40.3. The van der Waals surface area contributed by atoms with Crippen molar-refractivity contribution < 1.29 is 26.8 Å². The van der Waals surface area contributed by atoms with Crippen molar-refractivity contribution in [2.75, 3.05) is 12.9 Å². The van der Waals surface area contributed by atoms with Crippen molar-refractivity contribution in [2.45, 2.75) is 17.4 Å². The fraction of sp³-hybridized carbons (Fsp3) is 0.167. The van der Waals surface area contributed by atoms with Gasteiger partial charge in [-0.2, -0.15) is 5.10 Å². The van der Waals surface area contributed by atoms with Crippen LogP contribution in [-0.2, 0) is 14.6 Å². The minimum Gasteiger partial charge on any atom is -0.484 e. The third-order valence-corrected chi connectivity index (χ3v) is 6.49. The molecule has 1 unspecified atom stereocenters. The van der Waals surface area contributed by atoms with Gasteiger partial charge >= 0.3 is 0 Å². The molecule has 0 N–H and O–H groups in total. The molecule has 168 valence electrons. The Hall–Kier alpha value is -3.85. The number of furan rings is 2. The van der Waals surface area contributed by atoms with Crippen LogP contribution in [-0.4, -0.2) is 37.9 Å². The quantitative estimate of drug-likeness (QED) is 0.424. The van der Waals surface area contributed by atoms with Crippen molar-refractivity contribution in [2.24, 2.45) is 5.10 Å². The summed E-state index contributed by atoms with van der Waals surface area (Å²) in [6.07, 6.45) is 3.12. The number of para-hydroxylation sites is 1. The topological polar surface area (TPSA) is 102 Å². The number of fused-ring (bicyclic) bond motifs is 1. The van der Waals surface area contributed by atoms with Crippen LogP contribution >= 0.6 is 0 Å². The first-order valence-corrected chi connectivity index (χ1v) is 12.1. The predicted octanol–water partition coefficient (Wildman–Crippen LogP) is 4.19. The SMILES string of the molecule is CS(=O)(=O)c1ccc(OCC(=O)N2N=C(c3cc4ccccc4o3)CC2c2ccco2)cc1. The van der Waals surface area contributed by atoms with E-state index in [1.807, 2.05) is 30.3 Å². The Kier molecular flexibility index (Phi) is 5.26. The van der Waals surface area contributed by atoms with E-state index in [0.717, 1.165) is 17.2 Å². The fourth-order valence-electron chi connectivity index (χ4n) is 3.71. The zero-order valence-corrected chi connectivity index (χ0v) is 18.5. The second-order valence-corrected chi connectivity index (χ2v) is 9.72. The molecule has 0 radical (unpaired) electrons. The molecule has 2 aromatic heterocycles. The lowest BCUT2D eigenvalue weighted by Gasteiger charge is -2.20. The molecule has 5 rings (SSSR count). The monoisotopic (exact) mass is 464 g/mol. The van der Waals surface area contributed by atoms with Gasteiger partial charge < -0.3 is 13.6 Å². The summed E-state index contributed by atoms with van der Waals surface area (Å²) in [5.41, 5.74) is 1.38. The second kappa shape index (κ2) is 8.25. The van der Waals surface area contributed by atoms with Crippen molar-refractivity contribution >= 4 is 32.4 Å².